The Kier molecular flexibility index (Phi) is 4.59. The number of H-pyrrole nitrogens is 1. The lowest BCUT2D eigenvalue weighted by atomic mass is 10.2. The van der Waals surface area contributed by atoms with Crippen LogP contribution in [0.25, 0.3) is 11.0 Å². The first-order chi connectivity index (χ1) is 9.78. The van der Waals surface area contributed by atoms with Gasteiger partial charge in [-0.1, -0.05) is 13.8 Å². The molecule has 0 radical (unpaired) electrons. The zero-order valence-electron chi connectivity index (χ0n) is 12.3. The van der Waals surface area contributed by atoms with E-state index in [0.717, 1.165) is 43.0 Å². The summed E-state index contributed by atoms with van der Waals surface area (Å²) >= 11 is 0. The van der Waals surface area contributed by atoms with Crippen LogP contribution in [0.4, 0.5) is 5.82 Å². The van der Waals surface area contributed by atoms with E-state index in [4.69, 9.17) is 5.26 Å². The molecule has 0 aromatic carbocycles. The maximum Gasteiger partial charge on any atom is 0.141 e. The normalized spacial score (nSPS) is 15.6. The van der Waals surface area contributed by atoms with Gasteiger partial charge in [0.05, 0.1) is 5.56 Å². The molecule has 2 aromatic rings. The first kappa shape index (κ1) is 14.4. The number of anilines is 1. The van der Waals surface area contributed by atoms with Crippen molar-refractivity contribution in [2.75, 3.05) is 38.1 Å². The maximum absolute atomic E-state index is 8.96. The highest BCUT2D eigenvalue weighted by atomic mass is 15.3. The molecule has 2 aromatic heterocycles. The number of hydrogen-bond donors (Lipinski definition) is 1. The number of fused-ring (bicyclic) bond motifs is 1. The summed E-state index contributed by atoms with van der Waals surface area (Å²) in [5.74, 6) is 0.988. The molecule has 0 amide bonds. The van der Waals surface area contributed by atoms with Crippen molar-refractivity contribution in [2.24, 2.45) is 0 Å². The highest BCUT2D eigenvalue weighted by molar-refractivity contribution is 5.83. The van der Waals surface area contributed by atoms with Gasteiger partial charge in [-0.15, -0.1) is 0 Å². The average Bonchev–Trinajstić information content (AvgIpc) is 2.92. The summed E-state index contributed by atoms with van der Waals surface area (Å²) in [5.41, 5.74) is 1.45. The van der Waals surface area contributed by atoms with Gasteiger partial charge < -0.3 is 14.8 Å². The summed E-state index contributed by atoms with van der Waals surface area (Å²) in [6.07, 6.45) is 1.71. The fourth-order valence-corrected chi connectivity index (χ4v) is 2.30. The number of likely N-dealkylation sites (N-methyl/N-ethyl adjacent to an activating group) is 1. The predicted octanol–water partition coefficient (Wildman–Crippen LogP) is 2.21. The van der Waals surface area contributed by atoms with Crippen LogP contribution in [0.5, 0.6) is 0 Å². The number of rotatable bonds is 1. The molecule has 1 aliphatic rings. The Labute approximate surface area is 119 Å². The van der Waals surface area contributed by atoms with Gasteiger partial charge in [-0.3, -0.25) is 0 Å². The topological polar surface area (TPSA) is 59.0 Å². The number of piperazine rings is 1. The fraction of sp³-hybridized carbons (Fsp3) is 0.467. The smallest absolute Gasteiger partial charge is 0.141 e. The minimum atomic E-state index is 0.655. The van der Waals surface area contributed by atoms with E-state index in [1.54, 1.807) is 6.20 Å². The average molecular weight is 271 g/mol. The van der Waals surface area contributed by atoms with Crippen molar-refractivity contribution in [3.05, 3.63) is 23.9 Å². The van der Waals surface area contributed by atoms with Crippen molar-refractivity contribution in [1.82, 2.24) is 14.9 Å². The molecule has 106 valence electrons. The second-order valence-corrected chi connectivity index (χ2v) is 4.67. The summed E-state index contributed by atoms with van der Waals surface area (Å²) in [6, 6.07) is 6.14. The Balaban J connectivity index is 0.000000704. The Morgan fingerprint density at radius 1 is 1.20 bits per heavy atom. The summed E-state index contributed by atoms with van der Waals surface area (Å²) in [5, 5.41) is 9.86. The van der Waals surface area contributed by atoms with Gasteiger partial charge in [0.25, 0.3) is 0 Å². The van der Waals surface area contributed by atoms with Gasteiger partial charge in [0.1, 0.15) is 17.5 Å². The monoisotopic (exact) mass is 271 g/mol. The van der Waals surface area contributed by atoms with E-state index >= 15 is 0 Å². The quantitative estimate of drug-likeness (QED) is 0.864. The van der Waals surface area contributed by atoms with Gasteiger partial charge in [0, 0.05) is 37.8 Å². The van der Waals surface area contributed by atoms with E-state index in [9.17, 15) is 0 Å². The lowest BCUT2D eigenvalue weighted by Gasteiger charge is -2.33. The first-order valence-electron chi connectivity index (χ1n) is 7.09. The molecule has 5 nitrogen and oxygen atoms in total. The lowest BCUT2D eigenvalue weighted by molar-refractivity contribution is 0.312. The second kappa shape index (κ2) is 6.40. The van der Waals surface area contributed by atoms with Crippen LogP contribution < -0.4 is 4.90 Å². The number of pyridine rings is 1. The zero-order chi connectivity index (χ0) is 14.5. The molecule has 0 unspecified atom stereocenters. The third kappa shape index (κ3) is 2.75. The standard InChI is InChI=1S/C13H15N5.C2H6/c1-17-4-6-18(7-5-17)12-3-2-11-10(8-14)9-15-13(11)16-12;1-2/h2-3,9H,4-7H2,1H3,(H,15,16);1-2H3. The third-order valence-electron chi connectivity index (χ3n) is 3.47. The number of nitriles is 1. The molecule has 0 saturated carbocycles. The minimum Gasteiger partial charge on any atom is -0.354 e. The molecule has 3 heterocycles. The van der Waals surface area contributed by atoms with Crippen LogP contribution in [0.1, 0.15) is 19.4 Å². The Morgan fingerprint density at radius 3 is 2.55 bits per heavy atom. The molecule has 0 atom stereocenters. The lowest BCUT2D eigenvalue weighted by Crippen LogP contribution is -2.44. The predicted molar refractivity (Wildman–Crippen MR) is 81.9 cm³/mol. The van der Waals surface area contributed by atoms with Gasteiger partial charge in [-0.2, -0.15) is 5.26 Å². The van der Waals surface area contributed by atoms with E-state index in [2.05, 4.69) is 32.9 Å². The SMILES string of the molecule is CC.CN1CCN(c2ccc3c(C#N)c[nH]c3n2)CC1. The van der Waals surface area contributed by atoms with E-state index in [1.807, 2.05) is 26.0 Å². The summed E-state index contributed by atoms with van der Waals surface area (Å²) < 4.78 is 0. The molecule has 20 heavy (non-hydrogen) atoms. The molecule has 1 fully saturated rings. The van der Waals surface area contributed by atoms with Crippen LogP contribution in [0.15, 0.2) is 18.3 Å². The second-order valence-electron chi connectivity index (χ2n) is 4.67. The number of nitrogens with zero attached hydrogens (tertiary/aromatic N) is 4. The van der Waals surface area contributed by atoms with Crippen molar-refractivity contribution in [1.29, 1.82) is 5.26 Å². The molecule has 1 aliphatic heterocycles. The Morgan fingerprint density at radius 2 is 1.90 bits per heavy atom. The third-order valence-corrected chi connectivity index (χ3v) is 3.47. The maximum atomic E-state index is 8.96. The van der Waals surface area contributed by atoms with Gasteiger partial charge in [0.15, 0.2) is 0 Å². The van der Waals surface area contributed by atoms with Crippen LogP contribution in [-0.2, 0) is 0 Å². The summed E-state index contributed by atoms with van der Waals surface area (Å²) in [6.45, 7) is 8.13. The molecule has 0 aliphatic carbocycles. The number of aromatic nitrogens is 2. The van der Waals surface area contributed by atoms with Crippen molar-refractivity contribution in [3.8, 4) is 6.07 Å². The minimum absolute atomic E-state index is 0.655. The molecular formula is C15H21N5. The van der Waals surface area contributed by atoms with E-state index < -0.39 is 0 Å². The van der Waals surface area contributed by atoms with Crippen LogP contribution in [0.2, 0.25) is 0 Å². The summed E-state index contributed by atoms with van der Waals surface area (Å²) in [7, 11) is 2.14. The van der Waals surface area contributed by atoms with Crippen LogP contribution in [0, 0.1) is 11.3 Å². The molecular weight excluding hydrogens is 250 g/mol. The van der Waals surface area contributed by atoms with Gasteiger partial charge in [0.2, 0.25) is 0 Å². The molecule has 5 heteroatoms. The molecule has 3 rings (SSSR count). The van der Waals surface area contributed by atoms with E-state index in [-0.39, 0.29) is 0 Å². The highest BCUT2D eigenvalue weighted by Crippen LogP contribution is 2.20. The van der Waals surface area contributed by atoms with Crippen molar-refractivity contribution in [3.63, 3.8) is 0 Å². The van der Waals surface area contributed by atoms with Gasteiger partial charge in [-0.05, 0) is 19.2 Å². The van der Waals surface area contributed by atoms with E-state index in [0.29, 0.717) is 5.56 Å². The van der Waals surface area contributed by atoms with Gasteiger partial charge >= 0.3 is 0 Å². The van der Waals surface area contributed by atoms with Crippen molar-refractivity contribution >= 4 is 16.9 Å². The van der Waals surface area contributed by atoms with Crippen LogP contribution in [-0.4, -0.2) is 48.1 Å². The number of nitrogens with one attached hydrogen (secondary N) is 1. The van der Waals surface area contributed by atoms with Gasteiger partial charge in [-0.25, -0.2) is 4.98 Å². The largest absolute Gasteiger partial charge is 0.354 e. The molecule has 1 saturated heterocycles. The molecule has 0 spiro atoms. The van der Waals surface area contributed by atoms with Crippen molar-refractivity contribution in [2.45, 2.75) is 13.8 Å². The van der Waals surface area contributed by atoms with Crippen LogP contribution in [0.3, 0.4) is 0 Å². The molecule has 0 bridgehead atoms. The highest BCUT2D eigenvalue weighted by Gasteiger charge is 2.16. The first-order valence-corrected chi connectivity index (χ1v) is 7.09. The number of aromatic amines is 1. The number of hydrogen-bond acceptors (Lipinski definition) is 4. The van der Waals surface area contributed by atoms with Crippen molar-refractivity contribution < 1.29 is 0 Å². The zero-order valence-corrected chi connectivity index (χ0v) is 12.3. The molecule has 1 N–H and O–H groups in total. The fourth-order valence-electron chi connectivity index (χ4n) is 2.30. The Hall–Kier alpha value is -2.06. The van der Waals surface area contributed by atoms with Crippen LogP contribution >= 0.6 is 0 Å². The Bertz CT molecular complexity index is 602. The van der Waals surface area contributed by atoms with E-state index in [1.165, 1.54) is 0 Å². The summed E-state index contributed by atoms with van der Waals surface area (Å²) in [4.78, 5) is 12.3.